The van der Waals surface area contributed by atoms with E-state index in [2.05, 4.69) is 4.98 Å². The molecular formula is C12H16N2O3. The number of carboxylic acid groups (broad SMARTS) is 1. The van der Waals surface area contributed by atoms with Gasteiger partial charge >= 0.3 is 5.97 Å². The van der Waals surface area contributed by atoms with Crippen molar-refractivity contribution in [3.8, 4) is 0 Å². The molecule has 1 aliphatic rings. The largest absolute Gasteiger partial charge is 0.481 e. The minimum Gasteiger partial charge on any atom is -0.481 e. The topological polar surface area (TPSA) is 73.4 Å². The van der Waals surface area contributed by atoms with E-state index in [0.717, 1.165) is 5.56 Å². The van der Waals surface area contributed by atoms with Gasteiger partial charge in [-0.25, -0.2) is 0 Å². The Balaban J connectivity index is 2.13. The molecule has 92 valence electrons. The minimum atomic E-state index is -0.821. The molecule has 2 rings (SSSR count). The molecule has 5 heteroatoms. The summed E-state index contributed by atoms with van der Waals surface area (Å²) in [5.74, 6) is -1.34. The first-order chi connectivity index (χ1) is 8.00. The van der Waals surface area contributed by atoms with Crippen molar-refractivity contribution in [3.63, 3.8) is 0 Å². The van der Waals surface area contributed by atoms with Gasteiger partial charge in [0.25, 0.3) is 5.91 Å². The van der Waals surface area contributed by atoms with Crippen molar-refractivity contribution in [2.75, 3.05) is 13.1 Å². The van der Waals surface area contributed by atoms with E-state index in [4.69, 9.17) is 5.11 Å². The third-order valence-corrected chi connectivity index (χ3v) is 3.40. The monoisotopic (exact) mass is 236 g/mol. The molecule has 2 atom stereocenters. The highest BCUT2D eigenvalue weighted by Gasteiger charge is 2.37. The van der Waals surface area contributed by atoms with Crippen LogP contribution in [0.5, 0.6) is 0 Å². The number of H-pyrrole nitrogens is 1. The Morgan fingerprint density at radius 2 is 2.12 bits per heavy atom. The molecule has 1 saturated heterocycles. The number of aliphatic carboxylic acids is 1. The Hall–Kier alpha value is -1.78. The molecule has 0 radical (unpaired) electrons. The van der Waals surface area contributed by atoms with Gasteiger partial charge in [0.1, 0.15) is 0 Å². The smallest absolute Gasteiger partial charge is 0.308 e. The maximum Gasteiger partial charge on any atom is 0.308 e. The van der Waals surface area contributed by atoms with E-state index in [1.54, 1.807) is 17.3 Å². The Bertz CT molecular complexity index is 452. The van der Waals surface area contributed by atoms with Crippen molar-refractivity contribution >= 4 is 11.9 Å². The quantitative estimate of drug-likeness (QED) is 0.808. The van der Waals surface area contributed by atoms with Gasteiger partial charge in [0.2, 0.25) is 0 Å². The molecule has 0 saturated carbocycles. The van der Waals surface area contributed by atoms with E-state index in [1.165, 1.54) is 0 Å². The fourth-order valence-electron chi connectivity index (χ4n) is 2.30. The van der Waals surface area contributed by atoms with E-state index in [9.17, 15) is 9.59 Å². The van der Waals surface area contributed by atoms with Crippen molar-refractivity contribution in [2.45, 2.75) is 13.8 Å². The molecule has 0 spiro atoms. The van der Waals surface area contributed by atoms with Gasteiger partial charge in [-0.15, -0.1) is 0 Å². The summed E-state index contributed by atoms with van der Waals surface area (Å²) in [6.07, 6.45) is 3.43. The molecule has 5 nitrogen and oxygen atoms in total. The van der Waals surface area contributed by atoms with Gasteiger partial charge in [-0.2, -0.15) is 0 Å². The van der Waals surface area contributed by atoms with Gasteiger partial charge in [0, 0.05) is 25.5 Å². The van der Waals surface area contributed by atoms with E-state index >= 15 is 0 Å². The van der Waals surface area contributed by atoms with Crippen LogP contribution >= 0.6 is 0 Å². The second kappa shape index (κ2) is 4.24. The Kier molecular flexibility index (Phi) is 2.92. The van der Waals surface area contributed by atoms with Gasteiger partial charge < -0.3 is 15.0 Å². The number of carbonyl (C=O) groups excluding carboxylic acids is 1. The van der Waals surface area contributed by atoms with Crippen LogP contribution in [0.1, 0.15) is 22.8 Å². The second-order valence-corrected chi connectivity index (χ2v) is 4.68. The molecule has 0 bridgehead atoms. The van der Waals surface area contributed by atoms with E-state index in [0.29, 0.717) is 18.7 Å². The lowest BCUT2D eigenvalue weighted by atomic mass is 9.99. The van der Waals surface area contributed by atoms with Crippen LogP contribution in [0.3, 0.4) is 0 Å². The first-order valence-corrected chi connectivity index (χ1v) is 5.66. The van der Waals surface area contributed by atoms with Crippen LogP contribution in [0.15, 0.2) is 12.4 Å². The van der Waals surface area contributed by atoms with Crippen molar-refractivity contribution in [1.29, 1.82) is 0 Å². The maximum absolute atomic E-state index is 12.2. The van der Waals surface area contributed by atoms with Gasteiger partial charge in [0.05, 0.1) is 11.5 Å². The number of aromatic nitrogens is 1. The summed E-state index contributed by atoms with van der Waals surface area (Å²) in [6.45, 7) is 4.55. The molecule has 0 unspecified atom stereocenters. The predicted molar refractivity (Wildman–Crippen MR) is 61.7 cm³/mol. The van der Waals surface area contributed by atoms with Gasteiger partial charge in [0.15, 0.2) is 0 Å². The molecule has 0 aliphatic carbocycles. The molecule has 17 heavy (non-hydrogen) atoms. The first kappa shape index (κ1) is 11.7. The standard InChI is InChI=1S/C12H16N2O3/c1-7-3-13-4-9(7)11(15)14-5-8(2)10(6-14)12(16)17/h3-4,8,10,13H,5-6H2,1-2H3,(H,16,17)/t8-,10-/m1/s1. The van der Waals surface area contributed by atoms with Crippen LogP contribution < -0.4 is 0 Å². The third kappa shape index (κ3) is 2.05. The highest BCUT2D eigenvalue weighted by Crippen LogP contribution is 2.25. The van der Waals surface area contributed by atoms with Crippen molar-refractivity contribution in [3.05, 3.63) is 23.5 Å². The number of nitrogens with zero attached hydrogens (tertiary/aromatic N) is 1. The van der Waals surface area contributed by atoms with Gasteiger partial charge in [-0.05, 0) is 18.4 Å². The number of likely N-dealkylation sites (tertiary alicyclic amines) is 1. The van der Waals surface area contributed by atoms with Crippen LogP contribution in [-0.4, -0.2) is 40.0 Å². The fraction of sp³-hybridized carbons (Fsp3) is 0.500. The number of aromatic amines is 1. The number of nitrogens with one attached hydrogen (secondary N) is 1. The van der Waals surface area contributed by atoms with Gasteiger partial charge in [-0.3, -0.25) is 9.59 Å². The predicted octanol–water partition coefficient (Wildman–Crippen LogP) is 1.12. The van der Waals surface area contributed by atoms with Gasteiger partial charge in [-0.1, -0.05) is 6.92 Å². The number of amides is 1. The summed E-state index contributed by atoms with van der Waals surface area (Å²) in [6, 6.07) is 0. The Labute approximate surface area is 99.4 Å². The number of rotatable bonds is 2. The third-order valence-electron chi connectivity index (χ3n) is 3.40. The average molecular weight is 236 g/mol. The summed E-state index contributed by atoms with van der Waals surface area (Å²) in [7, 11) is 0. The number of carboxylic acids is 1. The van der Waals surface area contributed by atoms with E-state index < -0.39 is 11.9 Å². The summed E-state index contributed by atoms with van der Waals surface area (Å²) in [5, 5.41) is 9.02. The number of carbonyl (C=O) groups is 2. The minimum absolute atomic E-state index is 0.00991. The molecule has 2 N–H and O–H groups in total. The second-order valence-electron chi connectivity index (χ2n) is 4.68. The number of hydrogen-bond acceptors (Lipinski definition) is 2. The summed E-state index contributed by atoms with van der Waals surface area (Å²) in [4.78, 5) is 27.7. The summed E-state index contributed by atoms with van der Waals surface area (Å²) in [5.41, 5.74) is 1.52. The zero-order chi connectivity index (χ0) is 12.6. The molecule has 1 aromatic heterocycles. The number of hydrogen-bond donors (Lipinski definition) is 2. The highest BCUT2D eigenvalue weighted by molar-refractivity contribution is 5.96. The lowest BCUT2D eigenvalue weighted by Gasteiger charge is -2.15. The van der Waals surface area contributed by atoms with Crippen LogP contribution in [0, 0.1) is 18.8 Å². The number of aryl methyl sites for hydroxylation is 1. The molecular weight excluding hydrogens is 220 g/mol. The molecule has 1 aliphatic heterocycles. The summed E-state index contributed by atoms with van der Waals surface area (Å²) >= 11 is 0. The molecule has 1 amide bonds. The van der Waals surface area contributed by atoms with Crippen LogP contribution in [0.25, 0.3) is 0 Å². The zero-order valence-electron chi connectivity index (χ0n) is 9.93. The lowest BCUT2D eigenvalue weighted by Crippen LogP contribution is -2.30. The molecule has 0 aromatic carbocycles. The maximum atomic E-state index is 12.2. The SMILES string of the molecule is Cc1c[nH]cc1C(=O)N1C[C@@H](C)[C@H](C(=O)O)C1. The average Bonchev–Trinajstić information content (AvgIpc) is 2.83. The molecule has 1 fully saturated rings. The lowest BCUT2D eigenvalue weighted by molar-refractivity contribution is -0.142. The van der Waals surface area contributed by atoms with Crippen molar-refractivity contribution in [2.24, 2.45) is 11.8 Å². The van der Waals surface area contributed by atoms with Crippen molar-refractivity contribution in [1.82, 2.24) is 9.88 Å². The first-order valence-electron chi connectivity index (χ1n) is 5.66. The normalized spacial score (nSPS) is 24.0. The Morgan fingerprint density at radius 3 is 2.59 bits per heavy atom. The highest BCUT2D eigenvalue weighted by atomic mass is 16.4. The summed E-state index contributed by atoms with van der Waals surface area (Å²) < 4.78 is 0. The van der Waals surface area contributed by atoms with Crippen LogP contribution in [0.4, 0.5) is 0 Å². The molecule has 1 aromatic rings. The van der Waals surface area contributed by atoms with Crippen LogP contribution in [-0.2, 0) is 4.79 Å². The van der Waals surface area contributed by atoms with Crippen molar-refractivity contribution < 1.29 is 14.7 Å². The van der Waals surface area contributed by atoms with Crippen LogP contribution in [0.2, 0.25) is 0 Å². The molecule has 2 heterocycles. The van der Waals surface area contributed by atoms with E-state index in [1.807, 2.05) is 13.8 Å². The fourth-order valence-corrected chi connectivity index (χ4v) is 2.30. The van der Waals surface area contributed by atoms with E-state index in [-0.39, 0.29) is 11.8 Å². The zero-order valence-corrected chi connectivity index (χ0v) is 9.93. The Morgan fingerprint density at radius 1 is 1.41 bits per heavy atom.